The summed E-state index contributed by atoms with van der Waals surface area (Å²) in [7, 11) is -4.00. The van der Waals surface area contributed by atoms with Gasteiger partial charge >= 0.3 is 0 Å². The number of anilines is 1. The van der Waals surface area contributed by atoms with Gasteiger partial charge in [-0.15, -0.1) is 0 Å². The van der Waals surface area contributed by atoms with Crippen LogP contribution in [0, 0.1) is 0 Å². The predicted octanol–water partition coefficient (Wildman–Crippen LogP) is 6.23. The van der Waals surface area contributed by atoms with Crippen LogP contribution >= 0.6 is 46.4 Å². The molecule has 0 saturated heterocycles. The Labute approximate surface area is 255 Å². The highest BCUT2D eigenvalue weighted by Crippen LogP contribution is 2.32. The quantitative estimate of drug-likeness (QED) is 0.253. The molecule has 0 bridgehead atoms. The zero-order chi connectivity index (χ0) is 29.4. The Bertz CT molecular complexity index is 1430. The first kappa shape index (κ1) is 32.0. The lowest BCUT2D eigenvalue weighted by Crippen LogP contribution is -2.53. The van der Waals surface area contributed by atoms with E-state index in [1.807, 2.05) is 37.3 Å². The molecule has 1 atom stereocenters. The zero-order valence-corrected chi connectivity index (χ0v) is 25.8. The molecule has 0 aliphatic rings. The van der Waals surface area contributed by atoms with Crippen molar-refractivity contribution in [2.24, 2.45) is 0 Å². The molecule has 0 spiro atoms. The second kappa shape index (κ2) is 14.4. The topological polar surface area (TPSA) is 86.8 Å². The number of halogens is 4. The maximum atomic E-state index is 14.1. The number of hydrogen-bond donors (Lipinski definition) is 1. The third-order valence-corrected chi connectivity index (χ3v) is 8.46. The van der Waals surface area contributed by atoms with Crippen LogP contribution in [0.1, 0.15) is 24.5 Å². The first-order valence-corrected chi connectivity index (χ1v) is 15.7. The summed E-state index contributed by atoms with van der Waals surface area (Å²) in [4.78, 5) is 28.9. The Hall–Kier alpha value is -2.49. The average molecular weight is 645 g/mol. The van der Waals surface area contributed by atoms with Crippen molar-refractivity contribution < 1.29 is 18.0 Å². The second-order valence-electron chi connectivity index (χ2n) is 9.08. The molecule has 2 amide bonds. The van der Waals surface area contributed by atoms with Crippen molar-refractivity contribution in [1.29, 1.82) is 0 Å². The van der Waals surface area contributed by atoms with E-state index in [1.54, 1.807) is 18.2 Å². The molecule has 3 aromatic carbocycles. The molecule has 0 aliphatic heterocycles. The highest BCUT2D eigenvalue weighted by atomic mass is 35.5. The minimum Gasteiger partial charge on any atom is -0.354 e. The predicted molar refractivity (Wildman–Crippen MR) is 163 cm³/mol. The number of hydrogen-bond acceptors (Lipinski definition) is 4. The monoisotopic (exact) mass is 643 g/mol. The van der Waals surface area contributed by atoms with Crippen LogP contribution in [-0.4, -0.2) is 50.5 Å². The van der Waals surface area contributed by atoms with E-state index in [1.165, 1.54) is 23.1 Å². The Morgan fingerprint density at radius 3 is 2.15 bits per heavy atom. The number of nitrogens with one attached hydrogen (secondary N) is 1. The molecule has 3 aromatic rings. The molecular formula is C28H29Cl4N3O4S. The van der Waals surface area contributed by atoms with E-state index in [9.17, 15) is 18.0 Å². The highest BCUT2D eigenvalue weighted by molar-refractivity contribution is 7.92. The van der Waals surface area contributed by atoms with Crippen molar-refractivity contribution in [2.75, 3.05) is 23.7 Å². The van der Waals surface area contributed by atoms with Crippen LogP contribution < -0.4 is 9.62 Å². The standard InChI is InChI=1S/C28H29Cl4N3O4S/c1-3-14-33-28(37)26(15-19-8-5-4-6-9-19)34(17-21-22(30)10-7-11-23(21)31)27(36)18-35(40(2,38)39)25-16-20(29)12-13-24(25)32/h4-13,16,26H,3,14-15,17-18H2,1-2H3,(H,33,37)/t26-/m0/s1. The van der Waals surface area contributed by atoms with Crippen LogP contribution in [0.5, 0.6) is 0 Å². The summed E-state index contributed by atoms with van der Waals surface area (Å²) in [6.07, 6.45) is 1.81. The smallest absolute Gasteiger partial charge is 0.244 e. The van der Waals surface area contributed by atoms with Gasteiger partial charge in [-0.1, -0.05) is 89.7 Å². The van der Waals surface area contributed by atoms with Gasteiger partial charge in [0.15, 0.2) is 0 Å². The third-order valence-electron chi connectivity index (χ3n) is 6.07. The largest absolute Gasteiger partial charge is 0.354 e. The summed E-state index contributed by atoms with van der Waals surface area (Å²) in [6.45, 7) is 1.52. The lowest BCUT2D eigenvalue weighted by Gasteiger charge is -2.34. The van der Waals surface area contributed by atoms with Gasteiger partial charge < -0.3 is 10.2 Å². The Balaban J connectivity index is 2.11. The third kappa shape index (κ3) is 8.51. The van der Waals surface area contributed by atoms with E-state index in [4.69, 9.17) is 46.4 Å². The highest BCUT2D eigenvalue weighted by Gasteiger charge is 2.34. The maximum Gasteiger partial charge on any atom is 0.244 e. The SMILES string of the molecule is CCCNC(=O)[C@H](Cc1ccccc1)N(Cc1c(Cl)cccc1Cl)C(=O)CN(c1cc(Cl)ccc1Cl)S(C)(=O)=O. The van der Waals surface area contributed by atoms with Gasteiger partial charge in [-0.3, -0.25) is 13.9 Å². The lowest BCUT2D eigenvalue weighted by atomic mass is 10.0. The van der Waals surface area contributed by atoms with Gasteiger partial charge in [0.1, 0.15) is 12.6 Å². The van der Waals surface area contributed by atoms with Crippen molar-refractivity contribution >= 4 is 73.9 Å². The fourth-order valence-electron chi connectivity index (χ4n) is 4.05. The molecule has 0 radical (unpaired) electrons. The van der Waals surface area contributed by atoms with Crippen LogP contribution in [0.2, 0.25) is 20.1 Å². The summed E-state index contributed by atoms with van der Waals surface area (Å²) in [5, 5.41) is 3.79. The Morgan fingerprint density at radius 2 is 1.55 bits per heavy atom. The van der Waals surface area contributed by atoms with Crippen molar-refractivity contribution in [2.45, 2.75) is 32.4 Å². The summed E-state index contributed by atoms with van der Waals surface area (Å²) >= 11 is 25.4. The van der Waals surface area contributed by atoms with Crippen LogP contribution in [0.25, 0.3) is 0 Å². The van der Waals surface area contributed by atoms with E-state index < -0.39 is 34.4 Å². The average Bonchev–Trinajstić information content (AvgIpc) is 2.90. The van der Waals surface area contributed by atoms with Gasteiger partial charge in [0.05, 0.1) is 17.0 Å². The van der Waals surface area contributed by atoms with Gasteiger partial charge in [0.2, 0.25) is 21.8 Å². The summed E-state index contributed by atoms with van der Waals surface area (Å²) in [5.41, 5.74) is 1.27. The summed E-state index contributed by atoms with van der Waals surface area (Å²) in [5.74, 6) is -1.06. The fraction of sp³-hybridized carbons (Fsp3) is 0.286. The van der Waals surface area contributed by atoms with Crippen molar-refractivity contribution in [3.63, 3.8) is 0 Å². The first-order valence-electron chi connectivity index (χ1n) is 12.4. The first-order chi connectivity index (χ1) is 18.9. The number of benzene rings is 3. The second-order valence-corrected chi connectivity index (χ2v) is 12.6. The number of carbonyl (C=O) groups excluding carboxylic acids is 2. The van der Waals surface area contributed by atoms with E-state index in [2.05, 4.69) is 5.32 Å². The van der Waals surface area contributed by atoms with Crippen molar-refractivity contribution in [3.8, 4) is 0 Å². The zero-order valence-electron chi connectivity index (χ0n) is 21.9. The van der Waals surface area contributed by atoms with Crippen LogP contribution in [-0.2, 0) is 32.6 Å². The minimum absolute atomic E-state index is 0.0378. The number of carbonyl (C=O) groups is 2. The Kier molecular flexibility index (Phi) is 11.5. The molecule has 40 heavy (non-hydrogen) atoms. The van der Waals surface area contributed by atoms with E-state index >= 15 is 0 Å². The molecule has 7 nitrogen and oxygen atoms in total. The minimum atomic E-state index is -4.00. The van der Waals surface area contributed by atoms with Gasteiger partial charge in [0.25, 0.3) is 0 Å². The van der Waals surface area contributed by atoms with Gasteiger partial charge in [-0.2, -0.15) is 0 Å². The fourth-order valence-corrected chi connectivity index (χ4v) is 5.85. The van der Waals surface area contributed by atoms with Crippen LogP contribution in [0.4, 0.5) is 5.69 Å². The molecule has 0 heterocycles. The molecule has 0 unspecified atom stereocenters. The summed E-state index contributed by atoms with van der Waals surface area (Å²) < 4.78 is 26.6. The van der Waals surface area contributed by atoms with Crippen LogP contribution in [0.3, 0.4) is 0 Å². The molecule has 3 rings (SSSR count). The van der Waals surface area contributed by atoms with Gasteiger partial charge in [-0.25, -0.2) is 8.42 Å². The molecule has 214 valence electrons. The van der Waals surface area contributed by atoms with E-state index in [0.29, 0.717) is 28.6 Å². The lowest BCUT2D eigenvalue weighted by molar-refractivity contribution is -0.140. The number of rotatable bonds is 12. The van der Waals surface area contributed by atoms with Crippen LogP contribution in [0.15, 0.2) is 66.7 Å². The van der Waals surface area contributed by atoms with E-state index in [-0.39, 0.29) is 28.7 Å². The van der Waals surface area contributed by atoms with Gasteiger partial charge in [0, 0.05) is 40.1 Å². The maximum absolute atomic E-state index is 14.1. The van der Waals surface area contributed by atoms with Gasteiger partial charge in [-0.05, 0) is 42.3 Å². The number of amides is 2. The number of nitrogens with zero attached hydrogens (tertiary/aromatic N) is 2. The van der Waals surface area contributed by atoms with Crippen molar-refractivity contribution in [1.82, 2.24) is 10.2 Å². The normalized spacial score (nSPS) is 12.1. The molecule has 0 aliphatic carbocycles. The Morgan fingerprint density at radius 1 is 0.900 bits per heavy atom. The molecule has 0 saturated carbocycles. The van der Waals surface area contributed by atoms with Crippen molar-refractivity contribution in [3.05, 3.63) is 97.9 Å². The summed E-state index contributed by atoms with van der Waals surface area (Å²) in [6, 6.07) is 17.4. The molecule has 0 fully saturated rings. The molecular weight excluding hydrogens is 616 g/mol. The molecule has 0 aromatic heterocycles. The molecule has 1 N–H and O–H groups in total. The molecule has 12 heteroatoms. The number of sulfonamides is 1. The van der Waals surface area contributed by atoms with E-state index in [0.717, 1.165) is 16.1 Å².